The molecule has 0 aliphatic carbocycles. The largest absolute Gasteiger partial charge is 0.454 e. The van der Waals surface area contributed by atoms with Gasteiger partial charge >= 0.3 is 0 Å². The number of benzene rings is 3. The summed E-state index contributed by atoms with van der Waals surface area (Å²) in [5, 5.41) is 0. The molecular weight excluding hydrogens is 485 g/mol. The topological polar surface area (TPSA) is 79.4 Å². The van der Waals surface area contributed by atoms with Crippen molar-refractivity contribution in [3.8, 4) is 11.5 Å². The van der Waals surface area contributed by atoms with Crippen molar-refractivity contribution < 1.29 is 27.1 Å². The highest BCUT2D eigenvalue weighted by Gasteiger charge is 2.30. The van der Waals surface area contributed by atoms with Crippen molar-refractivity contribution in [3.63, 3.8) is 0 Å². The summed E-state index contributed by atoms with van der Waals surface area (Å²) in [6, 6.07) is 18.9. The number of amides is 1. The molecule has 2 heterocycles. The Morgan fingerprint density at radius 2 is 1.58 bits per heavy atom. The van der Waals surface area contributed by atoms with E-state index in [0.29, 0.717) is 38.4 Å². The van der Waals surface area contributed by atoms with Crippen LogP contribution in [-0.2, 0) is 21.4 Å². The minimum atomic E-state index is -4.07. The highest BCUT2D eigenvalue weighted by molar-refractivity contribution is 7.92. The van der Waals surface area contributed by atoms with Crippen molar-refractivity contribution >= 4 is 21.6 Å². The van der Waals surface area contributed by atoms with Crippen molar-refractivity contribution in [2.75, 3.05) is 43.8 Å². The fourth-order valence-electron chi connectivity index (χ4n) is 4.32. The maximum Gasteiger partial charge on any atom is 0.264 e. The molecule has 1 amide bonds. The Bertz CT molecular complexity index is 1330. The van der Waals surface area contributed by atoms with Gasteiger partial charge in [-0.3, -0.25) is 14.0 Å². The van der Waals surface area contributed by atoms with E-state index < -0.39 is 15.8 Å². The zero-order valence-corrected chi connectivity index (χ0v) is 20.4. The van der Waals surface area contributed by atoms with Gasteiger partial charge in [0.05, 0.1) is 10.6 Å². The van der Waals surface area contributed by atoms with Crippen LogP contribution in [0.25, 0.3) is 0 Å². The number of rotatable bonds is 7. The highest BCUT2D eigenvalue weighted by Crippen LogP contribution is 2.33. The molecule has 1 saturated heterocycles. The third-order valence-electron chi connectivity index (χ3n) is 6.29. The van der Waals surface area contributed by atoms with Crippen molar-refractivity contribution in [1.29, 1.82) is 0 Å². The van der Waals surface area contributed by atoms with Crippen LogP contribution in [0.4, 0.5) is 10.1 Å². The molecule has 3 aromatic carbocycles. The van der Waals surface area contributed by atoms with Gasteiger partial charge in [0.15, 0.2) is 11.5 Å². The van der Waals surface area contributed by atoms with E-state index in [4.69, 9.17) is 9.47 Å². The predicted molar refractivity (Wildman–Crippen MR) is 132 cm³/mol. The Labute approximate surface area is 209 Å². The second kappa shape index (κ2) is 10.2. The fourth-order valence-corrected chi connectivity index (χ4v) is 5.73. The molecule has 3 aromatic rings. The first-order valence-electron chi connectivity index (χ1n) is 11.6. The number of carbonyl (C=O) groups excluding carboxylic acids is 1. The van der Waals surface area contributed by atoms with E-state index in [-0.39, 0.29) is 24.1 Å². The van der Waals surface area contributed by atoms with Crippen LogP contribution in [0.3, 0.4) is 0 Å². The van der Waals surface area contributed by atoms with Crippen LogP contribution in [0.15, 0.2) is 77.7 Å². The van der Waals surface area contributed by atoms with Gasteiger partial charge in [0.2, 0.25) is 12.7 Å². The molecule has 0 radical (unpaired) electrons. The van der Waals surface area contributed by atoms with Gasteiger partial charge in [-0.15, -0.1) is 0 Å². The molecule has 1 fully saturated rings. The first kappa shape index (κ1) is 24.1. The number of hydrogen-bond acceptors (Lipinski definition) is 6. The molecule has 10 heteroatoms. The number of ether oxygens (including phenoxy) is 2. The molecule has 0 unspecified atom stereocenters. The maximum absolute atomic E-state index is 13.4. The molecule has 2 aliphatic rings. The zero-order chi connectivity index (χ0) is 25.1. The van der Waals surface area contributed by atoms with E-state index in [0.717, 1.165) is 33.5 Å². The summed E-state index contributed by atoms with van der Waals surface area (Å²) in [4.78, 5) is 17.1. The minimum absolute atomic E-state index is 0.0749. The first-order valence-corrected chi connectivity index (χ1v) is 13.1. The van der Waals surface area contributed by atoms with Crippen molar-refractivity contribution in [2.24, 2.45) is 0 Å². The number of carbonyl (C=O) groups is 1. The van der Waals surface area contributed by atoms with Crippen LogP contribution in [0.1, 0.15) is 5.56 Å². The Hall–Kier alpha value is -3.63. The first-order chi connectivity index (χ1) is 17.4. The van der Waals surface area contributed by atoms with Crippen LogP contribution in [0.5, 0.6) is 11.5 Å². The number of anilines is 1. The molecule has 0 bridgehead atoms. The maximum atomic E-state index is 13.4. The number of para-hydroxylation sites is 1. The SMILES string of the molecule is O=C(CN(c1ccccc1)S(=O)(=O)c1ccc(F)cc1)N1CCN(Cc2ccc3c(c2)OCO3)CC1. The van der Waals surface area contributed by atoms with Gasteiger partial charge in [-0.25, -0.2) is 12.8 Å². The van der Waals surface area contributed by atoms with Gasteiger partial charge in [0.25, 0.3) is 10.0 Å². The third kappa shape index (κ3) is 5.14. The van der Waals surface area contributed by atoms with Gasteiger partial charge in [0, 0.05) is 32.7 Å². The third-order valence-corrected chi connectivity index (χ3v) is 8.08. The molecule has 36 heavy (non-hydrogen) atoms. The summed E-state index contributed by atoms with van der Waals surface area (Å²) in [5.41, 5.74) is 1.47. The van der Waals surface area contributed by atoms with E-state index in [1.807, 2.05) is 18.2 Å². The average molecular weight is 512 g/mol. The number of piperazine rings is 1. The second-order valence-electron chi connectivity index (χ2n) is 8.65. The van der Waals surface area contributed by atoms with E-state index in [1.165, 1.54) is 12.1 Å². The van der Waals surface area contributed by atoms with Crippen LogP contribution in [-0.4, -0.2) is 63.6 Å². The molecule has 0 N–H and O–H groups in total. The summed E-state index contributed by atoms with van der Waals surface area (Å²) in [7, 11) is -4.07. The van der Waals surface area contributed by atoms with Crippen LogP contribution < -0.4 is 13.8 Å². The molecule has 8 nitrogen and oxygen atoms in total. The molecule has 0 aromatic heterocycles. The standard InChI is InChI=1S/C26H26FN3O5S/c27-21-7-9-23(10-8-21)36(32,33)30(22-4-2-1-3-5-22)18-26(31)29-14-12-28(13-15-29)17-20-6-11-24-25(16-20)35-19-34-24/h1-11,16H,12-15,17-19H2. The van der Waals surface area contributed by atoms with E-state index >= 15 is 0 Å². The lowest BCUT2D eigenvalue weighted by molar-refractivity contribution is -0.131. The van der Waals surface area contributed by atoms with Crippen molar-refractivity contribution in [1.82, 2.24) is 9.80 Å². The summed E-state index contributed by atoms with van der Waals surface area (Å²) < 4.78 is 52.1. The summed E-state index contributed by atoms with van der Waals surface area (Å²) in [6.07, 6.45) is 0. The molecule has 2 aliphatic heterocycles. The molecule has 0 spiro atoms. The molecule has 0 saturated carbocycles. The fraction of sp³-hybridized carbons (Fsp3) is 0.269. The number of fused-ring (bicyclic) bond motifs is 1. The molecule has 5 rings (SSSR count). The molecule has 0 atom stereocenters. The second-order valence-corrected chi connectivity index (χ2v) is 10.5. The van der Waals surface area contributed by atoms with Gasteiger partial charge in [0.1, 0.15) is 12.4 Å². The number of hydrogen-bond donors (Lipinski definition) is 0. The normalized spacial score (nSPS) is 15.6. The average Bonchev–Trinajstić information content (AvgIpc) is 3.36. The van der Waals surface area contributed by atoms with Crippen molar-refractivity contribution in [3.05, 3.63) is 84.2 Å². The monoisotopic (exact) mass is 511 g/mol. The summed E-state index contributed by atoms with van der Waals surface area (Å²) >= 11 is 0. The van der Waals surface area contributed by atoms with E-state index in [9.17, 15) is 17.6 Å². The zero-order valence-electron chi connectivity index (χ0n) is 19.5. The van der Waals surface area contributed by atoms with E-state index in [1.54, 1.807) is 35.2 Å². The van der Waals surface area contributed by atoms with Gasteiger partial charge in [-0.05, 0) is 54.1 Å². The molecule has 188 valence electrons. The Kier molecular flexibility index (Phi) is 6.80. The summed E-state index contributed by atoms with van der Waals surface area (Å²) in [5.74, 6) is 0.666. The van der Waals surface area contributed by atoms with Crippen LogP contribution in [0, 0.1) is 5.82 Å². The lowest BCUT2D eigenvalue weighted by atomic mass is 10.1. The van der Waals surface area contributed by atoms with E-state index in [2.05, 4.69) is 4.90 Å². The molecular formula is C26H26FN3O5S. The number of nitrogens with zero attached hydrogens (tertiary/aromatic N) is 3. The van der Waals surface area contributed by atoms with Gasteiger partial charge in [-0.1, -0.05) is 24.3 Å². The quantitative estimate of drug-likeness (QED) is 0.485. The van der Waals surface area contributed by atoms with Gasteiger partial charge in [-0.2, -0.15) is 0 Å². The lowest BCUT2D eigenvalue weighted by Crippen LogP contribution is -2.51. The number of sulfonamides is 1. The Morgan fingerprint density at radius 3 is 2.31 bits per heavy atom. The highest BCUT2D eigenvalue weighted by atomic mass is 32.2. The Balaban J connectivity index is 1.25. The van der Waals surface area contributed by atoms with Gasteiger partial charge < -0.3 is 14.4 Å². The van der Waals surface area contributed by atoms with Crippen LogP contribution in [0.2, 0.25) is 0 Å². The number of halogens is 1. The lowest BCUT2D eigenvalue weighted by Gasteiger charge is -2.36. The summed E-state index contributed by atoms with van der Waals surface area (Å²) in [6.45, 7) is 2.91. The van der Waals surface area contributed by atoms with Crippen LogP contribution >= 0.6 is 0 Å². The predicted octanol–water partition coefficient (Wildman–Crippen LogP) is 3.09. The smallest absolute Gasteiger partial charge is 0.264 e. The Morgan fingerprint density at radius 1 is 0.889 bits per heavy atom. The van der Waals surface area contributed by atoms with Crippen molar-refractivity contribution in [2.45, 2.75) is 11.4 Å². The minimum Gasteiger partial charge on any atom is -0.454 e.